The van der Waals surface area contributed by atoms with Crippen LogP contribution in [0.4, 0.5) is 0 Å². The van der Waals surface area contributed by atoms with Crippen LogP contribution in [0, 0.1) is 0 Å². The predicted octanol–water partition coefficient (Wildman–Crippen LogP) is 2.72. The van der Waals surface area contributed by atoms with Crippen molar-refractivity contribution in [2.45, 2.75) is 26.3 Å². The lowest BCUT2D eigenvalue weighted by Crippen LogP contribution is -2.37. The minimum Gasteiger partial charge on any atom is -0.382 e. The van der Waals surface area contributed by atoms with Crippen LogP contribution in [0.1, 0.15) is 25.3 Å². The summed E-state index contributed by atoms with van der Waals surface area (Å²) in [5.74, 6) is 0.814. The molecule has 0 spiro atoms. The van der Waals surface area contributed by atoms with Crippen LogP contribution < -0.4 is 10.6 Å². The highest BCUT2D eigenvalue weighted by atomic mass is 16.5. The highest BCUT2D eigenvalue weighted by Gasteiger charge is 2.03. The van der Waals surface area contributed by atoms with E-state index in [0.717, 1.165) is 49.5 Å². The third-order valence-corrected chi connectivity index (χ3v) is 3.60. The Balaban J connectivity index is 1.81. The molecule has 0 radical (unpaired) electrons. The Kier molecular flexibility index (Phi) is 7.33. The number of para-hydroxylation sites is 1. The molecule has 0 saturated heterocycles. The lowest BCUT2D eigenvalue weighted by molar-refractivity contribution is 0.143. The second-order valence-electron chi connectivity index (χ2n) is 5.25. The molecule has 1 aromatic heterocycles. The molecule has 5 nitrogen and oxygen atoms in total. The van der Waals surface area contributed by atoms with Gasteiger partial charge >= 0.3 is 0 Å². The van der Waals surface area contributed by atoms with Gasteiger partial charge in [-0.25, -0.2) is 0 Å². The van der Waals surface area contributed by atoms with E-state index >= 15 is 0 Å². The Hall–Kier alpha value is -2.14. The van der Waals surface area contributed by atoms with Crippen LogP contribution in [0.15, 0.2) is 41.5 Å². The second-order valence-corrected chi connectivity index (χ2v) is 5.25. The molecule has 2 rings (SSSR count). The van der Waals surface area contributed by atoms with Gasteiger partial charge in [-0.2, -0.15) is 0 Å². The van der Waals surface area contributed by atoms with Crippen molar-refractivity contribution in [1.29, 1.82) is 0 Å². The molecule has 5 heteroatoms. The number of pyridine rings is 1. The number of rotatable bonds is 8. The number of aliphatic imine (C=N–C) groups is 1. The summed E-state index contributed by atoms with van der Waals surface area (Å²) in [5.41, 5.74) is 2.21. The molecule has 2 N–H and O–H groups in total. The molecule has 0 aliphatic rings. The lowest BCUT2D eigenvalue weighted by atomic mass is 10.1. The van der Waals surface area contributed by atoms with Gasteiger partial charge in [-0.05, 0) is 31.4 Å². The maximum atomic E-state index is 5.33. The highest BCUT2D eigenvalue weighted by Crippen LogP contribution is 2.15. The van der Waals surface area contributed by atoms with Gasteiger partial charge in [0, 0.05) is 44.9 Å². The monoisotopic (exact) mass is 314 g/mol. The number of hydrogen-bond acceptors (Lipinski definition) is 3. The molecule has 0 fully saturated rings. The molecule has 0 aliphatic carbocycles. The third-order valence-electron chi connectivity index (χ3n) is 3.60. The molecule has 0 unspecified atom stereocenters. The number of fused-ring (bicyclic) bond motifs is 1. The van der Waals surface area contributed by atoms with Gasteiger partial charge in [0.05, 0.1) is 5.52 Å². The molecule has 1 heterocycles. The summed E-state index contributed by atoms with van der Waals surface area (Å²) in [6, 6.07) is 10.3. The number of guanidine groups is 1. The van der Waals surface area contributed by atoms with Crippen molar-refractivity contribution in [2.24, 2.45) is 4.99 Å². The molecular formula is C18H26N4O. The first-order chi connectivity index (χ1) is 11.3. The number of nitrogens with zero attached hydrogens (tertiary/aromatic N) is 2. The SMILES string of the molecule is CCOCCCCNC(=NC)NCc1cccc2cccnc12. The van der Waals surface area contributed by atoms with E-state index in [4.69, 9.17) is 4.74 Å². The van der Waals surface area contributed by atoms with E-state index in [-0.39, 0.29) is 0 Å². The van der Waals surface area contributed by atoms with Crippen molar-refractivity contribution >= 4 is 16.9 Å². The fourth-order valence-corrected chi connectivity index (χ4v) is 2.39. The second kappa shape index (κ2) is 9.79. The number of unbranched alkanes of at least 4 members (excludes halogenated alkanes) is 1. The quantitative estimate of drug-likeness (QED) is 0.447. The van der Waals surface area contributed by atoms with E-state index in [2.05, 4.69) is 44.9 Å². The molecule has 0 saturated carbocycles. The first-order valence-corrected chi connectivity index (χ1v) is 8.20. The molecular weight excluding hydrogens is 288 g/mol. The number of ether oxygens (including phenoxy) is 1. The Morgan fingerprint density at radius 3 is 2.87 bits per heavy atom. The van der Waals surface area contributed by atoms with Crippen LogP contribution in [-0.2, 0) is 11.3 Å². The summed E-state index contributed by atoms with van der Waals surface area (Å²) in [4.78, 5) is 8.73. The van der Waals surface area contributed by atoms with Gasteiger partial charge in [0.15, 0.2) is 5.96 Å². The summed E-state index contributed by atoms with van der Waals surface area (Å²) in [5, 5.41) is 7.83. The summed E-state index contributed by atoms with van der Waals surface area (Å²) >= 11 is 0. The maximum absolute atomic E-state index is 5.33. The number of hydrogen-bond donors (Lipinski definition) is 2. The molecule has 124 valence electrons. The fraction of sp³-hybridized carbons (Fsp3) is 0.444. The lowest BCUT2D eigenvalue weighted by Gasteiger charge is -2.13. The van der Waals surface area contributed by atoms with Crippen molar-refractivity contribution in [2.75, 3.05) is 26.8 Å². The molecule has 23 heavy (non-hydrogen) atoms. The van der Waals surface area contributed by atoms with Gasteiger partial charge in [-0.1, -0.05) is 24.3 Å². The summed E-state index contributed by atoms with van der Waals surface area (Å²) in [6.45, 7) is 5.22. The summed E-state index contributed by atoms with van der Waals surface area (Å²) in [7, 11) is 1.79. The van der Waals surface area contributed by atoms with E-state index < -0.39 is 0 Å². The first-order valence-electron chi connectivity index (χ1n) is 8.20. The van der Waals surface area contributed by atoms with Crippen LogP contribution in [0.2, 0.25) is 0 Å². The molecule has 0 aliphatic heterocycles. The van der Waals surface area contributed by atoms with Crippen LogP contribution in [0.3, 0.4) is 0 Å². The minimum absolute atomic E-state index is 0.701. The topological polar surface area (TPSA) is 58.5 Å². The van der Waals surface area contributed by atoms with Crippen molar-refractivity contribution in [3.63, 3.8) is 0 Å². The van der Waals surface area contributed by atoms with E-state index in [0.29, 0.717) is 6.54 Å². The molecule has 0 bridgehead atoms. The Bertz CT molecular complexity index is 622. The minimum atomic E-state index is 0.701. The summed E-state index contributed by atoms with van der Waals surface area (Å²) < 4.78 is 5.33. The molecule has 0 atom stereocenters. The zero-order chi connectivity index (χ0) is 16.3. The average Bonchev–Trinajstić information content (AvgIpc) is 2.60. The van der Waals surface area contributed by atoms with Crippen molar-refractivity contribution < 1.29 is 4.74 Å². The average molecular weight is 314 g/mol. The van der Waals surface area contributed by atoms with Crippen molar-refractivity contribution in [3.8, 4) is 0 Å². The van der Waals surface area contributed by atoms with E-state index in [9.17, 15) is 0 Å². The number of nitrogens with one attached hydrogen (secondary N) is 2. The van der Waals surface area contributed by atoms with E-state index in [1.54, 1.807) is 7.05 Å². The van der Waals surface area contributed by atoms with Crippen molar-refractivity contribution in [1.82, 2.24) is 15.6 Å². The normalized spacial score (nSPS) is 11.7. The third kappa shape index (κ3) is 5.53. The predicted molar refractivity (Wildman–Crippen MR) is 95.7 cm³/mol. The number of aromatic nitrogens is 1. The Labute approximate surface area is 138 Å². The van der Waals surface area contributed by atoms with Gasteiger partial charge in [-0.3, -0.25) is 9.98 Å². The fourth-order valence-electron chi connectivity index (χ4n) is 2.39. The van der Waals surface area contributed by atoms with Crippen LogP contribution in [0.25, 0.3) is 10.9 Å². The Morgan fingerprint density at radius 1 is 1.17 bits per heavy atom. The van der Waals surface area contributed by atoms with Crippen LogP contribution in [-0.4, -0.2) is 37.7 Å². The molecule has 0 amide bonds. The van der Waals surface area contributed by atoms with Gasteiger partial charge in [0.1, 0.15) is 0 Å². The van der Waals surface area contributed by atoms with Crippen LogP contribution in [0.5, 0.6) is 0 Å². The van der Waals surface area contributed by atoms with E-state index in [1.807, 2.05) is 19.2 Å². The smallest absolute Gasteiger partial charge is 0.191 e. The van der Waals surface area contributed by atoms with Gasteiger partial charge in [0.25, 0.3) is 0 Å². The molecule has 2 aromatic rings. The van der Waals surface area contributed by atoms with Gasteiger partial charge in [-0.15, -0.1) is 0 Å². The first kappa shape index (κ1) is 17.2. The highest BCUT2D eigenvalue weighted by molar-refractivity contribution is 5.83. The van der Waals surface area contributed by atoms with Gasteiger partial charge in [0.2, 0.25) is 0 Å². The maximum Gasteiger partial charge on any atom is 0.191 e. The summed E-state index contributed by atoms with van der Waals surface area (Å²) in [6.07, 6.45) is 3.96. The zero-order valence-electron chi connectivity index (χ0n) is 14.0. The molecule has 1 aromatic carbocycles. The Morgan fingerprint density at radius 2 is 2.04 bits per heavy atom. The van der Waals surface area contributed by atoms with Gasteiger partial charge < -0.3 is 15.4 Å². The standard InChI is InChI=1S/C18H26N4O/c1-3-23-13-5-4-11-21-18(19-2)22-14-16-9-6-8-15-10-7-12-20-17(15)16/h6-10,12H,3-5,11,13-14H2,1-2H3,(H2,19,21,22). The largest absolute Gasteiger partial charge is 0.382 e. The van der Waals surface area contributed by atoms with Crippen LogP contribution >= 0.6 is 0 Å². The van der Waals surface area contributed by atoms with E-state index in [1.165, 1.54) is 5.56 Å². The zero-order valence-corrected chi connectivity index (χ0v) is 14.0. The van der Waals surface area contributed by atoms with Crippen molar-refractivity contribution in [3.05, 3.63) is 42.1 Å². The number of benzene rings is 1.